The van der Waals surface area contributed by atoms with Crippen LogP contribution in [0.1, 0.15) is 12.5 Å². The number of aromatic nitrogens is 3. The van der Waals surface area contributed by atoms with E-state index in [9.17, 15) is 15.0 Å². The fourth-order valence-corrected chi connectivity index (χ4v) is 4.02. The first-order valence-corrected chi connectivity index (χ1v) is 11.8. The Morgan fingerprint density at radius 2 is 1.91 bits per heavy atom. The van der Waals surface area contributed by atoms with Crippen molar-refractivity contribution in [3.05, 3.63) is 78.4 Å². The molecule has 0 atom stereocenters. The molecule has 0 radical (unpaired) electrons. The Hall–Kier alpha value is -4.31. The number of hydrogen-bond acceptors (Lipinski definition) is 7. The van der Waals surface area contributed by atoms with Crippen molar-refractivity contribution in [3.8, 4) is 34.3 Å². The molecule has 0 unspecified atom stereocenters. The van der Waals surface area contributed by atoms with E-state index >= 15 is 0 Å². The molecule has 0 aliphatic rings. The van der Waals surface area contributed by atoms with E-state index in [1.54, 1.807) is 0 Å². The zero-order valence-corrected chi connectivity index (χ0v) is 19.7. The Kier molecular flexibility index (Phi) is 7.63. The van der Waals surface area contributed by atoms with Gasteiger partial charge in [0.25, 0.3) is 11.7 Å². The number of amides is 1. The molecule has 35 heavy (non-hydrogen) atoms. The number of thioether (sulfide) groups is 1. The summed E-state index contributed by atoms with van der Waals surface area (Å²) in [5.41, 5.74) is 4.61. The molecule has 1 amide bonds. The van der Waals surface area contributed by atoms with Gasteiger partial charge in [-0.05, 0) is 67.2 Å². The number of ether oxygens (including phenoxy) is 1. The van der Waals surface area contributed by atoms with Crippen LogP contribution in [0, 0.1) is 0 Å². The average Bonchev–Trinajstić information content (AvgIpc) is 3.29. The number of hydrazone groups is 1. The number of nitrogens with zero attached hydrogens (tertiary/aromatic N) is 3. The SMILES string of the molecule is CCOc1ccc(-[n+]2c(SCC(=O)NN=Cc3ccc(O)cc3O)n[nH]c2-c2ccccc2)cc1. The highest BCUT2D eigenvalue weighted by Crippen LogP contribution is 2.22. The van der Waals surface area contributed by atoms with Gasteiger partial charge in [0, 0.05) is 11.6 Å². The van der Waals surface area contributed by atoms with Gasteiger partial charge in [-0.25, -0.2) is 5.43 Å². The minimum Gasteiger partial charge on any atom is -0.508 e. The summed E-state index contributed by atoms with van der Waals surface area (Å²) in [5.74, 6) is 1.07. The molecular formula is C25H24N5O4S+. The molecule has 0 spiro atoms. The van der Waals surface area contributed by atoms with Crippen LogP contribution in [0.5, 0.6) is 17.2 Å². The number of hydrogen-bond donors (Lipinski definition) is 4. The van der Waals surface area contributed by atoms with Crippen molar-refractivity contribution in [2.75, 3.05) is 12.4 Å². The number of H-pyrrole nitrogens is 1. The number of carbonyl (C=O) groups is 1. The van der Waals surface area contributed by atoms with E-state index in [4.69, 9.17) is 4.74 Å². The molecule has 1 aromatic heterocycles. The topological polar surface area (TPSA) is 124 Å². The molecule has 0 saturated heterocycles. The third kappa shape index (κ3) is 5.98. The standard InChI is InChI=1S/C25H23N5O4S/c1-2-34-21-12-9-19(10-13-21)30-24(17-6-4-3-5-7-17)28-29-25(30)35-16-23(33)27-26-15-18-8-11-20(31)14-22(18)32/h3-15H,2,16H2,1H3,(H3,26,27,31,32,33)/p+1. The Balaban J connectivity index is 1.50. The average molecular weight is 491 g/mol. The molecule has 0 bridgehead atoms. The smallest absolute Gasteiger partial charge is 0.342 e. The first-order valence-electron chi connectivity index (χ1n) is 10.8. The van der Waals surface area contributed by atoms with Gasteiger partial charge in [0.15, 0.2) is 0 Å². The van der Waals surface area contributed by atoms with Crippen molar-refractivity contribution in [3.63, 3.8) is 0 Å². The maximum Gasteiger partial charge on any atom is 0.342 e. The van der Waals surface area contributed by atoms with Crippen LogP contribution in [0.3, 0.4) is 0 Å². The Morgan fingerprint density at radius 3 is 2.63 bits per heavy atom. The van der Waals surface area contributed by atoms with Crippen LogP contribution < -0.4 is 14.7 Å². The van der Waals surface area contributed by atoms with Gasteiger partial charge >= 0.3 is 5.16 Å². The molecular weight excluding hydrogens is 466 g/mol. The Morgan fingerprint density at radius 1 is 1.14 bits per heavy atom. The summed E-state index contributed by atoms with van der Waals surface area (Å²) in [4.78, 5) is 12.4. The molecule has 9 nitrogen and oxygen atoms in total. The van der Waals surface area contributed by atoms with Crippen molar-refractivity contribution < 1.29 is 24.3 Å². The van der Waals surface area contributed by atoms with E-state index in [1.807, 2.05) is 66.1 Å². The Bertz CT molecular complexity index is 1320. The fourth-order valence-electron chi connectivity index (χ4n) is 3.26. The summed E-state index contributed by atoms with van der Waals surface area (Å²) in [7, 11) is 0. The van der Waals surface area contributed by atoms with Crippen LogP contribution in [0.15, 0.2) is 83.1 Å². The van der Waals surface area contributed by atoms with Crippen molar-refractivity contribution in [2.24, 2.45) is 5.10 Å². The summed E-state index contributed by atoms with van der Waals surface area (Å²) in [6, 6.07) is 21.6. The normalized spacial score (nSPS) is 11.0. The van der Waals surface area contributed by atoms with Gasteiger partial charge < -0.3 is 14.9 Å². The number of rotatable bonds is 9. The maximum atomic E-state index is 12.4. The van der Waals surface area contributed by atoms with E-state index in [2.05, 4.69) is 20.7 Å². The number of phenolic OH excluding ortho intramolecular Hbond substituents is 2. The van der Waals surface area contributed by atoms with Gasteiger partial charge in [0.1, 0.15) is 22.9 Å². The lowest BCUT2D eigenvalue weighted by atomic mass is 10.2. The second kappa shape index (κ2) is 11.2. The zero-order chi connectivity index (χ0) is 24.6. The quantitative estimate of drug-likeness (QED) is 0.123. The van der Waals surface area contributed by atoms with Crippen LogP contribution >= 0.6 is 11.8 Å². The molecule has 1 heterocycles. The van der Waals surface area contributed by atoms with E-state index in [0.29, 0.717) is 17.3 Å². The number of aromatic amines is 1. The molecule has 0 aliphatic carbocycles. The highest BCUT2D eigenvalue weighted by Gasteiger charge is 2.24. The highest BCUT2D eigenvalue weighted by molar-refractivity contribution is 7.99. The Labute approximate surface area is 206 Å². The largest absolute Gasteiger partial charge is 0.508 e. The van der Waals surface area contributed by atoms with Crippen LogP contribution in [0.2, 0.25) is 0 Å². The van der Waals surface area contributed by atoms with Gasteiger partial charge in [0.2, 0.25) is 0 Å². The van der Waals surface area contributed by atoms with Crippen molar-refractivity contribution in [1.29, 1.82) is 0 Å². The van der Waals surface area contributed by atoms with Crippen LogP contribution in [-0.4, -0.2) is 44.9 Å². The monoisotopic (exact) mass is 490 g/mol. The molecule has 4 N–H and O–H groups in total. The molecule has 0 saturated carbocycles. The third-order valence-electron chi connectivity index (χ3n) is 4.86. The van der Waals surface area contributed by atoms with Crippen LogP contribution in [0.25, 0.3) is 17.1 Å². The van der Waals surface area contributed by atoms with Crippen LogP contribution in [-0.2, 0) is 4.79 Å². The number of benzene rings is 3. The predicted octanol–water partition coefficient (Wildman–Crippen LogP) is 3.41. The predicted molar refractivity (Wildman–Crippen MR) is 133 cm³/mol. The van der Waals surface area contributed by atoms with E-state index in [-0.39, 0.29) is 23.2 Å². The summed E-state index contributed by atoms with van der Waals surface area (Å²) in [6.45, 7) is 2.52. The first-order chi connectivity index (χ1) is 17.0. The second-order valence-electron chi connectivity index (χ2n) is 7.31. The summed E-state index contributed by atoms with van der Waals surface area (Å²) < 4.78 is 7.50. The van der Waals surface area contributed by atoms with Crippen molar-refractivity contribution >= 4 is 23.9 Å². The molecule has 4 rings (SSSR count). The molecule has 10 heteroatoms. The third-order valence-corrected chi connectivity index (χ3v) is 5.80. The molecule has 3 aromatic carbocycles. The number of carbonyl (C=O) groups excluding carboxylic acids is 1. The van der Waals surface area contributed by atoms with E-state index < -0.39 is 0 Å². The zero-order valence-electron chi connectivity index (χ0n) is 18.9. The van der Waals surface area contributed by atoms with Crippen molar-refractivity contribution in [1.82, 2.24) is 15.6 Å². The number of nitrogens with one attached hydrogen (secondary N) is 2. The lowest BCUT2D eigenvalue weighted by Gasteiger charge is -2.06. The molecule has 4 aromatic rings. The molecule has 0 aliphatic heterocycles. The lowest BCUT2D eigenvalue weighted by molar-refractivity contribution is -0.625. The summed E-state index contributed by atoms with van der Waals surface area (Å²) in [5, 5.41) is 31.2. The minimum atomic E-state index is -0.341. The molecule has 0 fully saturated rings. The van der Waals surface area contributed by atoms with Gasteiger partial charge in [-0.1, -0.05) is 18.2 Å². The number of phenols is 2. The van der Waals surface area contributed by atoms with E-state index in [0.717, 1.165) is 22.8 Å². The fraction of sp³-hybridized carbons (Fsp3) is 0.120. The van der Waals surface area contributed by atoms with E-state index in [1.165, 1.54) is 36.2 Å². The lowest BCUT2D eigenvalue weighted by Crippen LogP contribution is -2.34. The van der Waals surface area contributed by atoms with Gasteiger partial charge in [-0.3, -0.25) is 4.79 Å². The van der Waals surface area contributed by atoms with Gasteiger partial charge in [0.05, 0.1) is 29.2 Å². The van der Waals surface area contributed by atoms with Gasteiger partial charge in [-0.15, -0.1) is 5.10 Å². The number of aromatic hydroxyl groups is 2. The van der Waals surface area contributed by atoms with Crippen molar-refractivity contribution in [2.45, 2.75) is 12.1 Å². The summed E-state index contributed by atoms with van der Waals surface area (Å²) >= 11 is 1.25. The first kappa shape index (κ1) is 23.8. The van der Waals surface area contributed by atoms with Gasteiger partial charge in [-0.2, -0.15) is 9.67 Å². The highest BCUT2D eigenvalue weighted by atomic mass is 32.2. The second-order valence-corrected chi connectivity index (χ2v) is 8.25. The maximum absolute atomic E-state index is 12.4. The minimum absolute atomic E-state index is 0.0604. The van der Waals surface area contributed by atoms with Crippen LogP contribution in [0.4, 0.5) is 0 Å². The molecule has 178 valence electrons. The summed E-state index contributed by atoms with van der Waals surface area (Å²) in [6.07, 6.45) is 1.31.